The summed E-state index contributed by atoms with van der Waals surface area (Å²) in [5.74, 6) is 0.877. The zero-order valence-electron chi connectivity index (χ0n) is 12.5. The Kier molecular flexibility index (Phi) is 4.15. The molecule has 2 fully saturated rings. The highest BCUT2D eigenvalue weighted by molar-refractivity contribution is 5.75. The molecule has 3 unspecified atom stereocenters. The predicted octanol–water partition coefficient (Wildman–Crippen LogP) is 2.55. The van der Waals surface area contributed by atoms with Crippen LogP contribution in [0.2, 0.25) is 0 Å². The van der Waals surface area contributed by atoms with Gasteiger partial charge in [-0.25, -0.2) is 4.79 Å². The Labute approximate surface area is 126 Å². The molecule has 1 heterocycles. The predicted molar refractivity (Wildman–Crippen MR) is 81.8 cm³/mol. The van der Waals surface area contributed by atoms with Crippen LogP contribution in [0.5, 0.6) is 0 Å². The largest absolute Gasteiger partial charge is 0.388 e. The second kappa shape index (κ2) is 6.06. The molecule has 0 aromatic heterocycles. The number of nitrogens with zero attached hydrogens (tertiary/aromatic N) is 1. The first-order chi connectivity index (χ1) is 10.1. The van der Waals surface area contributed by atoms with Crippen molar-refractivity contribution < 1.29 is 9.90 Å². The first-order valence-electron chi connectivity index (χ1n) is 7.93. The molecule has 0 bridgehead atoms. The molecule has 21 heavy (non-hydrogen) atoms. The van der Waals surface area contributed by atoms with E-state index in [2.05, 4.69) is 12.2 Å². The van der Waals surface area contributed by atoms with Crippen molar-refractivity contribution >= 4 is 6.03 Å². The second-order valence-corrected chi connectivity index (χ2v) is 6.45. The van der Waals surface area contributed by atoms with E-state index in [0.717, 1.165) is 37.9 Å². The van der Waals surface area contributed by atoms with E-state index in [1.165, 1.54) is 0 Å². The van der Waals surface area contributed by atoms with Crippen molar-refractivity contribution in [3.8, 4) is 0 Å². The molecule has 4 heteroatoms. The number of hydrogen-bond acceptors (Lipinski definition) is 2. The van der Waals surface area contributed by atoms with Crippen LogP contribution >= 0.6 is 0 Å². The van der Waals surface area contributed by atoms with Crippen LogP contribution in [-0.2, 0) is 0 Å². The summed E-state index contributed by atoms with van der Waals surface area (Å²) in [4.78, 5) is 14.0. The molecule has 2 aliphatic rings. The van der Waals surface area contributed by atoms with Crippen molar-refractivity contribution in [2.75, 3.05) is 13.1 Å². The minimum absolute atomic E-state index is 0.0667. The maximum atomic E-state index is 12.1. The molecule has 0 radical (unpaired) electrons. The lowest BCUT2D eigenvalue weighted by Crippen LogP contribution is -2.46. The Morgan fingerprint density at radius 1 is 1.29 bits per heavy atom. The summed E-state index contributed by atoms with van der Waals surface area (Å²) >= 11 is 0. The normalized spacial score (nSPS) is 27.2. The van der Waals surface area contributed by atoms with Crippen LogP contribution < -0.4 is 5.32 Å². The Hall–Kier alpha value is -1.55. The molecule has 3 rings (SSSR count). The number of nitrogens with one attached hydrogen (secondary N) is 1. The third-order valence-electron chi connectivity index (χ3n) is 4.83. The summed E-state index contributed by atoms with van der Waals surface area (Å²) in [6.45, 7) is 3.64. The zero-order chi connectivity index (χ0) is 14.8. The van der Waals surface area contributed by atoms with Gasteiger partial charge in [0.1, 0.15) is 0 Å². The van der Waals surface area contributed by atoms with Gasteiger partial charge in [-0.05, 0) is 36.7 Å². The molecule has 1 saturated heterocycles. The van der Waals surface area contributed by atoms with Gasteiger partial charge in [0.25, 0.3) is 0 Å². The van der Waals surface area contributed by atoms with Crippen LogP contribution in [0.4, 0.5) is 4.79 Å². The molecule has 4 nitrogen and oxygen atoms in total. The van der Waals surface area contributed by atoms with Crippen LogP contribution in [0.1, 0.15) is 37.9 Å². The topological polar surface area (TPSA) is 52.6 Å². The quantitative estimate of drug-likeness (QED) is 0.898. The number of rotatable bonds is 3. The molecular weight excluding hydrogens is 264 g/mol. The average molecular weight is 288 g/mol. The number of piperidine rings is 1. The van der Waals surface area contributed by atoms with Gasteiger partial charge in [-0.3, -0.25) is 0 Å². The molecule has 1 aromatic carbocycles. The molecule has 0 spiro atoms. The van der Waals surface area contributed by atoms with E-state index in [1.807, 2.05) is 35.2 Å². The van der Waals surface area contributed by atoms with Crippen LogP contribution in [-0.4, -0.2) is 35.2 Å². The third-order valence-corrected chi connectivity index (χ3v) is 4.83. The summed E-state index contributed by atoms with van der Waals surface area (Å²) in [5, 5.41) is 13.5. The highest BCUT2D eigenvalue weighted by atomic mass is 16.3. The van der Waals surface area contributed by atoms with Gasteiger partial charge in [-0.2, -0.15) is 0 Å². The minimum atomic E-state index is -0.417. The lowest BCUT2D eigenvalue weighted by atomic mass is 9.87. The standard InChI is InChI=1S/C17H24N2O2/c1-12-11-15(12)18-17(21)19-9-7-14(8-10-19)16(20)13-5-3-2-4-6-13/h2-6,12,14-16,20H,7-11H2,1H3,(H,18,21). The number of aliphatic hydroxyl groups excluding tert-OH is 1. The number of amides is 2. The van der Waals surface area contributed by atoms with E-state index in [4.69, 9.17) is 0 Å². The van der Waals surface area contributed by atoms with Crippen LogP contribution in [0.25, 0.3) is 0 Å². The highest BCUT2D eigenvalue weighted by Gasteiger charge is 2.36. The summed E-state index contributed by atoms with van der Waals surface area (Å²) in [7, 11) is 0. The molecule has 1 aliphatic heterocycles. The molecule has 2 N–H and O–H groups in total. The maximum absolute atomic E-state index is 12.1. The van der Waals surface area contributed by atoms with Crippen LogP contribution in [0, 0.1) is 11.8 Å². The number of aliphatic hydroxyl groups is 1. The number of benzene rings is 1. The number of carbonyl (C=O) groups is 1. The van der Waals surface area contributed by atoms with Crippen molar-refractivity contribution in [1.29, 1.82) is 0 Å². The first kappa shape index (κ1) is 14.4. The van der Waals surface area contributed by atoms with E-state index in [-0.39, 0.29) is 11.9 Å². The minimum Gasteiger partial charge on any atom is -0.388 e. The van der Waals surface area contributed by atoms with E-state index in [0.29, 0.717) is 12.0 Å². The Balaban J connectivity index is 1.49. The molecule has 114 valence electrons. The fraction of sp³-hybridized carbons (Fsp3) is 0.588. The summed E-state index contributed by atoms with van der Waals surface area (Å²) in [5.41, 5.74) is 0.979. The molecule has 1 saturated carbocycles. The summed E-state index contributed by atoms with van der Waals surface area (Å²) < 4.78 is 0. The maximum Gasteiger partial charge on any atom is 0.317 e. The van der Waals surface area contributed by atoms with Gasteiger partial charge in [0.05, 0.1) is 6.10 Å². The molecule has 2 amide bonds. The molecule has 1 aromatic rings. The number of urea groups is 1. The van der Waals surface area contributed by atoms with Crippen molar-refractivity contribution in [1.82, 2.24) is 10.2 Å². The Morgan fingerprint density at radius 3 is 2.48 bits per heavy atom. The second-order valence-electron chi connectivity index (χ2n) is 6.45. The van der Waals surface area contributed by atoms with Gasteiger partial charge in [-0.1, -0.05) is 37.3 Å². The van der Waals surface area contributed by atoms with Crippen molar-refractivity contribution in [3.05, 3.63) is 35.9 Å². The number of hydrogen-bond donors (Lipinski definition) is 2. The van der Waals surface area contributed by atoms with E-state index in [9.17, 15) is 9.90 Å². The van der Waals surface area contributed by atoms with Gasteiger partial charge in [-0.15, -0.1) is 0 Å². The zero-order valence-corrected chi connectivity index (χ0v) is 12.5. The highest BCUT2D eigenvalue weighted by Crippen LogP contribution is 2.32. The lowest BCUT2D eigenvalue weighted by Gasteiger charge is -2.34. The Morgan fingerprint density at radius 2 is 1.90 bits per heavy atom. The smallest absolute Gasteiger partial charge is 0.317 e. The summed E-state index contributed by atoms with van der Waals surface area (Å²) in [6, 6.07) is 10.3. The van der Waals surface area contributed by atoms with E-state index in [1.54, 1.807) is 0 Å². The number of likely N-dealkylation sites (tertiary alicyclic amines) is 1. The first-order valence-corrected chi connectivity index (χ1v) is 7.93. The Bertz CT molecular complexity index is 483. The third kappa shape index (κ3) is 3.38. The van der Waals surface area contributed by atoms with Gasteiger partial charge >= 0.3 is 6.03 Å². The summed E-state index contributed by atoms with van der Waals surface area (Å²) in [6.07, 6.45) is 2.42. The van der Waals surface area contributed by atoms with E-state index < -0.39 is 6.10 Å². The van der Waals surface area contributed by atoms with Gasteiger partial charge < -0.3 is 15.3 Å². The van der Waals surface area contributed by atoms with Gasteiger partial charge in [0.2, 0.25) is 0 Å². The average Bonchev–Trinajstić information content (AvgIpc) is 3.22. The molecule has 1 aliphatic carbocycles. The SMILES string of the molecule is CC1CC1NC(=O)N1CCC(C(O)c2ccccc2)CC1. The lowest BCUT2D eigenvalue weighted by molar-refractivity contribution is 0.0664. The van der Waals surface area contributed by atoms with Crippen molar-refractivity contribution in [2.45, 2.75) is 38.3 Å². The fourth-order valence-electron chi connectivity index (χ4n) is 3.11. The number of carbonyl (C=O) groups excluding carboxylic acids is 1. The van der Waals surface area contributed by atoms with Crippen LogP contribution in [0.3, 0.4) is 0 Å². The van der Waals surface area contributed by atoms with E-state index >= 15 is 0 Å². The van der Waals surface area contributed by atoms with Gasteiger partial charge in [0, 0.05) is 19.1 Å². The fourth-order valence-corrected chi connectivity index (χ4v) is 3.11. The van der Waals surface area contributed by atoms with Crippen LogP contribution in [0.15, 0.2) is 30.3 Å². The monoisotopic (exact) mass is 288 g/mol. The molecule has 3 atom stereocenters. The van der Waals surface area contributed by atoms with Gasteiger partial charge in [0.15, 0.2) is 0 Å². The van der Waals surface area contributed by atoms with Crippen molar-refractivity contribution in [3.63, 3.8) is 0 Å². The van der Waals surface area contributed by atoms with Crippen molar-refractivity contribution in [2.24, 2.45) is 11.8 Å². The molecular formula is C17H24N2O2.